The van der Waals surface area contributed by atoms with Crippen LogP contribution in [-0.4, -0.2) is 38.1 Å². The van der Waals surface area contributed by atoms with Gasteiger partial charge in [0.25, 0.3) is 0 Å². The number of H-pyrrole nitrogens is 1. The molecule has 0 bridgehead atoms. The fraction of sp³-hybridized carbons (Fsp3) is 0.250. The highest BCUT2D eigenvalue weighted by Crippen LogP contribution is 2.18. The van der Waals surface area contributed by atoms with E-state index in [2.05, 4.69) is 19.9 Å². The minimum atomic E-state index is 0.101. The summed E-state index contributed by atoms with van der Waals surface area (Å²) < 4.78 is 0. The van der Waals surface area contributed by atoms with Crippen molar-refractivity contribution in [1.82, 2.24) is 19.9 Å². The van der Waals surface area contributed by atoms with E-state index in [1.54, 1.807) is 12.4 Å². The number of aliphatic hydroxyl groups is 1. The summed E-state index contributed by atoms with van der Waals surface area (Å²) in [5.41, 5.74) is 1.87. The summed E-state index contributed by atoms with van der Waals surface area (Å²) in [6.45, 7) is 1.97. The lowest BCUT2D eigenvalue weighted by Crippen LogP contribution is -2.27. The van der Waals surface area contributed by atoms with Crippen molar-refractivity contribution in [2.45, 2.75) is 13.1 Å². The van der Waals surface area contributed by atoms with E-state index in [9.17, 15) is 5.11 Å². The molecule has 0 fully saturated rings. The van der Waals surface area contributed by atoms with Crippen LogP contribution in [0, 0.1) is 0 Å². The van der Waals surface area contributed by atoms with E-state index in [4.69, 9.17) is 11.6 Å². The Morgan fingerprint density at radius 2 is 2.09 bits per heavy atom. The van der Waals surface area contributed by atoms with Gasteiger partial charge in [-0.2, -0.15) is 0 Å². The SMILES string of the molecule is OCCN(Cc1ccc2cc(Cl)ccc2n1)Cc1ncc[nH]1. The Morgan fingerprint density at radius 3 is 2.86 bits per heavy atom. The predicted octanol–water partition coefficient (Wildman–Crippen LogP) is 2.61. The van der Waals surface area contributed by atoms with Crippen LogP contribution in [0.3, 0.4) is 0 Å². The van der Waals surface area contributed by atoms with Gasteiger partial charge in [0.05, 0.1) is 24.4 Å². The van der Waals surface area contributed by atoms with Crippen LogP contribution in [0.5, 0.6) is 0 Å². The van der Waals surface area contributed by atoms with Crippen LogP contribution in [0.2, 0.25) is 5.02 Å². The van der Waals surface area contributed by atoms with Crippen molar-refractivity contribution in [1.29, 1.82) is 0 Å². The van der Waals surface area contributed by atoms with Crippen molar-refractivity contribution in [3.63, 3.8) is 0 Å². The minimum absolute atomic E-state index is 0.101. The number of aromatic amines is 1. The highest BCUT2D eigenvalue weighted by Gasteiger charge is 2.09. The number of hydrogen-bond acceptors (Lipinski definition) is 4. The van der Waals surface area contributed by atoms with E-state index in [1.165, 1.54) is 0 Å². The molecule has 0 unspecified atom stereocenters. The van der Waals surface area contributed by atoms with Gasteiger partial charge in [-0.05, 0) is 24.3 Å². The number of fused-ring (bicyclic) bond motifs is 1. The molecule has 0 radical (unpaired) electrons. The van der Waals surface area contributed by atoms with Gasteiger partial charge < -0.3 is 10.1 Å². The molecule has 0 aliphatic heterocycles. The Morgan fingerprint density at radius 1 is 1.18 bits per heavy atom. The number of rotatable bonds is 6. The van der Waals surface area contributed by atoms with Gasteiger partial charge in [0.2, 0.25) is 0 Å². The molecule has 0 spiro atoms. The lowest BCUT2D eigenvalue weighted by molar-refractivity contribution is 0.180. The Bertz CT molecular complexity index is 745. The van der Waals surface area contributed by atoms with E-state index in [0.29, 0.717) is 24.7 Å². The molecule has 22 heavy (non-hydrogen) atoms. The number of halogens is 1. The molecule has 3 rings (SSSR count). The molecule has 0 aliphatic carbocycles. The maximum Gasteiger partial charge on any atom is 0.120 e. The summed E-state index contributed by atoms with van der Waals surface area (Å²) >= 11 is 5.99. The molecule has 0 atom stereocenters. The van der Waals surface area contributed by atoms with Gasteiger partial charge in [0, 0.05) is 35.9 Å². The van der Waals surface area contributed by atoms with Crippen molar-refractivity contribution in [2.24, 2.45) is 0 Å². The van der Waals surface area contributed by atoms with E-state index < -0.39 is 0 Å². The molecule has 2 heterocycles. The molecule has 5 nitrogen and oxygen atoms in total. The number of benzene rings is 1. The third-order valence-electron chi connectivity index (χ3n) is 3.44. The number of nitrogens with one attached hydrogen (secondary N) is 1. The van der Waals surface area contributed by atoms with Crippen molar-refractivity contribution in [2.75, 3.05) is 13.2 Å². The van der Waals surface area contributed by atoms with Gasteiger partial charge in [-0.1, -0.05) is 17.7 Å². The maximum absolute atomic E-state index is 9.24. The third-order valence-corrected chi connectivity index (χ3v) is 3.67. The van der Waals surface area contributed by atoms with Gasteiger partial charge in [-0.3, -0.25) is 9.88 Å². The van der Waals surface area contributed by atoms with Crippen LogP contribution in [0.25, 0.3) is 10.9 Å². The smallest absolute Gasteiger partial charge is 0.120 e. The first kappa shape index (κ1) is 15.0. The molecular weight excluding hydrogens is 300 g/mol. The molecule has 0 amide bonds. The zero-order chi connectivity index (χ0) is 15.4. The second-order valence-electron chi connectivity index (χ2n) is 5.11. The first-order chi connectivity index (χ1) is 10.7. The number of aromatic nitrogens is 3. The Hall–Kier alpha value is -1.95. The molecule has 0 saturated carbocycles. The van der Waals surface area contributed by atoms with Gasteiger partial charge in [0.1, 0.15) is 5.82 Å². The molecular formula is C16H17ClN4O. The largest absolute Gasteiger partial charge is 0.395 e. The number of aliphatic hydroxyl groups excluding tert-OH is 1. The van der Waals surface area contributed by atoms with Gasteiger partial charge in [0.15, 0.2) is 0 Å². The molecule has 0 saturated heterocycles. The molecule has 3 aromatic rings. The van der Waals surface area contributed by atoms with E-state index in [1.807, 2.05) is 30.3 Å². The standard InChI is InChI=1S/C16H17ClN4O/c17-13-2-4-15-12(9-13)1-3-14(20-15)10-21(7-8-22)11-16-18-5-6-19-16/h1-6,9,22H,7-8,10-11H2,(H,18,19). The van der Waals surface area contributed by atoms with Crippen LogP contribution in [0.1, 0.15) is 11.5 Å². The normalized spacial score (nSPS) is 11.4. The van der Waals surface area contributed by atoms with Crippen LogP contribution >= 0.6 is 11.6 Å². The van der Waals surface area contributed by atoms with Gasteiger partial charge in [-0.25, -0.2) is 4.98 Å². The highest BCUT2D eigenvalue weighted by molar-refractivity contribution is 6.31. The lowest BCUT2D eigenvalue weighted by atomic mass is 10.2. The van der Waals surface area contributed by atoms with E-state index >= 15 is 0 Å². The van der Waals surface area contributed by atoms with Gasteiger partial charge in [-0.15, -0.1) is 0 Å². The average molecular weight is 317 g/mol. The van der Waals surface area contributed by atoms with E-state index in [-0.39, 0.29) is 6.61 Å². The molecule has 2 N–H and O–H groups in total. The third kappa shape index (κ3) is 3.62. The Kier molecular flexibility index (Phi) is 4.68. The number of hydrogen-bond donors (Lipinski definition) is 2. The van der Waals surface area contributed by atoms with Crippen LogP contribution in [0.15, 0.2) is 42.7 Å². The highest BCUT2D eigenvalue weighted by atomic mass is 35.5. The lowest BCUT2D eigenvalue weighted by Gasteiger charge is -2.19. The molecule has 1 aromatic carbocycles. The van der Waals surface area contributed by atoms with Crippen molar-refractivity contribution in [3.8, 4) is 0 Å². The van der Waals surface area contributed by atoms with Crippen molar-refractivity contribution >= 4 is 22.5 Å². The summed E-state index contributed by atoms with van der Waals surface area (Å²) in [6, 6.07) is 9.68. The zero-order valence-electron chi connectivity index (χ0n) is 12.0. The number of imidazole rings is 1. The second-order valence-corrected chi connectivity index (χ2v) is 5.55. The first-order valence-corrected chi connectivity index (χ1v) is 7.49. The maximum atomic E-state index is 9.24. The summed E-state index contributed by atoms with van der Waals surface area (Å²) in [5.74, 6) is 0.876. The summed E-state index contributed by atoms with van der Waals surface area (Å²) in [5, 5.41) is 11.0. The fourth-order valence-electron chi connectivity index (χ4n) is 2.41. The van der Waals surface area contributed by atoms with Crippen LogP contribution in [0.4, 0.5) is 0 Å². The average Bonchev–Trinajstić information content (AvgIpc) is 3.00. The number of nitrogens with zero attached hydrogens (tertiary/aromatic N) is 3. The van der Waals surface area contributed by atoms with Crippen LogP contribution < -0.4 is 0 Å². The molecule has 0 aliphatic rings. The molecule has 114 valence electrons. The fourth-order valence-corrected chi connectivity index (χ4v) is 2.59. The minimum Gasteiger partial charge on any atom is -0.395 e. The van der Waals surface area contributed by atoms with Crippen molar-refractivity contribution in [3.05, 3.63) is 59.3 Å². The topological polar surface area (TPSA) is 65.0 Å². The monoisotopic (exact) mass is 316 g/mol. The zero-order valence-corrected chi connectivity index (χ0v) is 12.8. The summed E-state index contributed by atoms with van der Waals surface area (Å²) in [7, 11) is 0. The first-order valence-electron chi connectivity index (χ1n) is 7.11. The summed E-state index contributed by atoms with van der Waals surface area (Å²) in [6.07, 6.45) is 3.52. The van der Waals surface area contributed by atoms with Gasteiger partial charge >= 0.3 is 0 Å². The van der Waals surface area contributed by atoms with E-state index in [0.717, 1.165) is 22.4 Å². The molecule has 6 heteroatoms. The summed E-state index contributed by atoms with van der Waals surface area (Å²) in [4.78, 5) is 14.1. The molecule has 2 aromatic heterocycles. The predicted molar refractivity (Wildman–Crippen MR) is 86.5 cm³/mol. The quantitative estimate of drug-likeness (QED) is 0.733. The number of pyridine rings is 1. The van der Waals surface area contributed by atoms with Crippen molar-refractivity contribution < 1.29 is 5.11 Å². The Balaban J connectivity index is 1.78. The second kappa shape index (κ2) is 6.87. The Labute approximate surface area is 133 Å². The van der Waals surface area contributed by atoms with Crippen LogP contribution in [-0.2, 0) is 13.1 Å².